The number of halogens is 1. The number of rotatable bonds is 5. The largest absolute Gasteiger partial charge is 0.453 e. The van der Waals surface area contributed by atoms with E-state index in [0.29, 0.717) is 18.0 Å². The van der Waals surface area contributed by atoms with Gasteiger partial charge in [0.25, 0.3) is 0 Å². The molecule has 2 heterocycles. The molecule has 110 valence electrons. The molecule has 3 N–H and O–H groups in total. The van der Waals surface area contributed by atoms with E-state index >= 15 is 0 Å². The molecule has 0 fully saturated rings. The van der Waals surface area contributed by atoms with E-state index in [0.717, 1.165) is 21.0 Å². The minimum absolute atomic E-state index is 0.271. The van der Waals surface area contributed by atoms with Crippen LogP contribution < -0.4 is 5.32 Å². The quantitative estimate of drug-likeness (QED) is 0.646. The number of nitrogens with one attached hydrogen (secondary N) is 1. The average molecular weight is 352 g/mol. The first kappa shape index (κ1) is 14.4. The number of fused-ring (bicyclic) bond motifs is 3. The third kappa shape index (κ3) is 3.06. The fourth-order valence-corrected chi connectivity index (χ4v) is 2.43. The zero-order chi connectivity index (χ0) is 14.8. The Kier molecular flexibility index (Phi) is 4.16. The Morgan fingerprint density at radius 2 is 2.19 bits per heavy atom. The molecule has 7 heteroatoms. The van der Waals surface area contributed by atoms with Crippen LogP contribution in [0, 0.1) is 0 Å². The second-order valence-electron chi connectivity index (χ2n) is 4.71. The summed E-state index contributed by atoms with van der Waals surface area (Å²) in [4.78, 5) is 8.72. The molecule has 3 aromatic rings. The summed E-state index contributed by atoms with van der Waals surface area (Å²) in [6.07, 6.45) is 0.870. The van der Waals surface area contributed by atoms with E-state index in [1.807, 2.05) is 18.2 Å². The van der Waals surface area contributed by atoms with Crippen LogP contribution in [0.2, 0.25) is 0 Å². The topological polar surface area (TPSA) is 91.4 Å². The summed E-state index contributed by atoms with van der Waals surface area (Å²) in [6, 6.07) is 5.76. The van der Waals surface area contributed by atoms with Gasteiger partial charge in [-0.2, -0.15) is 0 Å². The van der Waals surface area contributed by atoms with Crippen LogP contribution in [-0.2, 0) is 6.54 Å². The van der Waals surface area contributed by atoms with E-state index in [9.17, 15) is 5.11 Å². The molecule has 0 aliphatic carbocycles. The van der Waals surface area contributed by atoms with Crippen LogP contribution in [0.1, 0.15) is 5.82 Å². The van der Waals surface area contributed by atoms with Crippen molar-refractivity contribution < 1.29 is 14.6 Å². The minimum atomic E-state index is -0.778. The molecule has 1 unspecified atom stereocenters. The second kappa shape index (κ2) is 6.07. The monoisotopic (exact) mass is 351 g/mol. The van der Waals surface area contributed by atoms with Gasteiger partial charge in [0.2, 0.25) is 0 Å². The molecule has 0 bridgehead atoms. The van der Waals surface area contributed by atoms with Crippen molar-refractivity contribution in [1.29, 1.82) is 0 Å². The van der Waals surface area contributed by atoms with E-state index in [2.05, 4.69) is 31.2 Å². The lowest BCUT2D eigenvalue weighted by Crippen LogP contribution is -2.29. The van der Waals surface area contributed by atoms with Gasteiger partial charge in [-0.3, -0.25) is 0 Å². The Morgan fingerprint density at radius 3 is 3.00 bits per heavy atom. The fraction of sp³-hybridized carbons (Fsp3) is 0.286. The van der Waals surface area contributed by atoms with Gasteiger partial charge in [-0.05, 0) is 18.2 Å². The molecular formula is C14H14BrN3O3. The number of nitrogens with zero attached hydrogens (tertiary/aromatic N) is 2. The Balaban J connectivity index is 1.88. The molecule has 1 aromatic carbocycles. The van der Waals surface area contributed by atoms with Gasteiger partial charge in [-0.1, -0.05) is 15.9 Å². The first-order valence-electron chi connectivity index (χ1n) is 6.50. The van der Waals surface area contributed by atoms with Crippen molar-refractivity contribution in [3.63, 3.8) is 0 Å². The van der Waals surface area contributed by atoms with Crippen LogP contribution in [0.25, 0.3) is 22.1 Å². The van der Waals surface area contributed by atoms with Crippen LogP contribution >= 0.6 is 15.9 Å². The van der Waals surface area contributed by atoms with Gasteiger partial charge in [-0.25, -0.2) is 9.97 Å². The Hall–Kier alpha value is -1.54. The summed E-state index contributed by atoms with van der Waals surface area (Å²) in [5.74, 6) is 0.607. The highest BCUT2D eigenvalue weighted by molar-refractivity contribution is 9.10. The van der Waals surface area contributed by atoms with Crippen molar-refractivity contribution in [3.8, 4) is 0 Å². The Morgan fingerprint density at radius 1 is 1.33 bits per heavy atom. The van der Waals surface area contributed by atoms with E-state index in [4.69, 9.17) is 9.52 Å². The highest BCUT2D eigenvalue weighted by Crippen LogP contribution is 2.29. The molecule has 6 nitrogen and oxygen atoms in total. The molecule has 21 heavy (non-hydrogen) atoms. The van der Waals surface area contributed by atoms with E-state index in [1.165, 1.54) is 0 Å². The highest BCUT2D eigenvalue weighted by atomic mass is 79.9. The van der Waals surface area contributed by atoms with Crippen molar-refractivity contribution in [2.24, 2.45) is 0 Å². The predicted molar refractivity (Wildman–Crippen MR) is 81.8 cm³/mol. The lowest BCUT2D eigenvalue weighted by molar-refractivity contribution is 0.0941. The maximum Gasteiger partial charge on any atom is 0.172 e. The van der Waals surface area contributed by atoms with Crippen molar-refractivity contribution >= 4 is 38.0 Å². The molecule has 3 rings (SSSR count). The highest BCUT2D eigenvalue weighted by Gasteiger charge is 2.10. The summed E-state index contributed by atoms with van der Waals surface area (Å²) in [7, 11) is 0. The summed E-state index contributed by atoms with van der Waals surface area (Å²) in [6.45, 7) is 0.427. The van der Waals surface area contributed by atoms with Crippen molar-refractivity contribution in [1.82, 2.24) is 15.3 Å². The number of hydrogen-bond donors (Lipinski definition) is 3. The van der Waals surface area contributed by atoms with Crippen LogP contribution in [0.3, 0.4) is 0 Å². The number of benzene rings is 1. The molecule has 0 spiro atoms. The number of hydrogen-bond acceptors (Lipinski definition) is 6. The Bertz CT molecular complexity index is 775. The van der Waals surface area contributed by atoms with Crippen molar-refractivity contribution in [2.75, 3.05) is 13.2 Å². The van der Waals surface area contributed by atoms with Crippen LogP contribution in [-0.4, -0.2) is 39.4 Å². The molecule has 0 aliphatic heterocycles. The minimum Gasteiger partial charge on any atom is -0.453 e. The van der Waals surface area contributed by atoms with E-state index in [-0.39, 0.29) is 13.2 Å². The summed E-state index contributed by atoms with van der Waals surface area (Å²) < 4.78 is 6.64. The van der Waals surface area contributed by atoms with Gasteiger partial charge in [0.1, 0.15) is 16.9 Å². The Labute approximate surface area is 128 Å². The smallest absolute Gasteiger partial charge is 0.172 e. The standard InChI is InChI=1S/C14H14BrN3O3/c15-8-1-2-11-10(3-8)14-12(21-11)5-17-13(18-14)6-16-4-9(20)7-19/h1-3,5,9,16,19-20H,4,6-7H2. The molecule has 0 saturated heterocycles. The summed E-state index contributed by atoms with van der Waals surface area (Å²) >= 11 is 3.44. The maximum atomic E-state index is 9.27. The van der Waals surface area contributed by atoms with Crippen LogP contribution in [0.4, 0.5) is 0 Å². The molecule has 1 atom stereocenters. The molecule has 0 aliphatic rings. The zero-order valence-corrected chi connectivity index (χ0v) is 12.7. The van der Waals surface area contributed by atoms with E-state index < -0.39 is 6.10 Å². The number of aliphatic hydroxyl groups is 2. The van der Waals surface area contributed by atoms with Gasteiger partial charge in [-0.15, -0.1) is 0 Å². The zero-order valence-electron chi connectivity index (χ0n) is 11.1. The first-order valence-corrected chi connectivity index (χ1v) is 7.30. The number of furan rings is 1. The van der Waals surface area contributed by atoms with Gasteiger partial charge in [0, 0.05) is 16.4 Å². The predicted octanol–water partition coefficient (Wildman–Crippen LogP) is 1.58. The normalized spacial score (nSPS) is 13.1. The van der Waals surface area contributed by atoms with E-state index in [1.54, 1.807) is 6.20 Å². The molecular weight excluding hydrogens is 338 g/mol. The second-order valence-corrected chi connectivity index (χ2v) is 5.62. The molecule has 0 saturated carbocycles. The first-order chi connectivity index (χ1) is 10.2. The maximum absolute atomic E-state index is 9.27. The fourth-order valence-electron chi connectivity index (χ4n) is 2.07. The number of aromatic nitrogens is 2. The van der Waals surface area contributed by atoms with Gasteiger partial charge in [0.05, 0.1) is 25.5 Å². The lowest BCUT2D eigenvalue weighted by atomic mass is 10.2. The van der Waals surface area contributed by atoms with Crippen LogP contribution in [0.5, 0.6) is 0 Å². The third-order valence-corrected chi connectivity index (χ3v) is 3.59. The van der Waals surface area contributed by atoms with Gasteiger partial charge < -0.3 is 19.9 Å². The number of aliphatic hydroxyl groups excluding tert-OH is 2. The summed E-state index contributed by atoms with van der Waals surface area (Å²) in [5, 5.41) is 21.9. The summed E-state index contributed by atoms with van der Waals surface area (Å²) in [5.41, 5.74) is 2.17. The SMILES string of the molecule is OCC(O)CNCc1ncc2oc3ccc(Br)cc3c2n1. The average Bonchev–Trinajstić information content (AvgIpc) is 2.84. The lowest BCUT2D eigenvalue weighted by Gasteiger charge is -2.07. The van der Waals surface area contributed by atoms with Crippen LogP contribution in [0.15, 0.2) is 33.3 Å². The van der Waals surface area contributed by atoms with Gasteiger partial charge in [0.15, 0.2) is 5.58 Å². The van der Waals surface area contributed by atoms with Crippen molar-refractivity contribution in [2.45, 2.75) is 12.6 Å². The van der Waals surface area contributed by atoms with Gasteiger partial charge >= 0.3 is 0 Å². The molecule has 2 aromatic heterocycles. The molecule has 0 amide bonds. The third-order valence-electron chi connectivity index (χ3n) is 3.10. The van der Waals surface area contributed by atoms with Crippen molar-refractivity contribution in [3.05, 3.63) is 34.7 Å². The molecule has 0 radical (unpaired) electrons.